The molecular formula is C26H27N3O5. The van der Waals surface area contributed by atoms with Gasteiger partial charge in [0.05, 0.1) is 13.2 Å². The fraction of sp³-hybridized carbons (Fsp3) is 0.346. The van der Waals surface area contributed by atoms with E-state index in [0.29, 0.717) is 36.6 Å². The van der Waals surface area contributed by atoms with Crippen LogP contribution >= 0.6 is 0 Å². The number of carbonyl (C=O) groups excluding carboxylic acids is 3. The van der Waals surface area contributed by atoms with E-state index in [4.69, 9.17) is 12.2 Å². The number of ether oxygens (including phenoxy) is 2. The normalized spacial score (nSPS) is 25.6. The molecule has 3 amide bonds. The molecule has 0 aromatic heterocycles. The van der Waals surface area contributed by atoms with Gasteiger partial charge in [-0.05, 0) is 36.1 Å². The summed E-state index contributed by atoms with van der Waals surface area (Å²) in [6.07, 6.45) is -2.13. The summed E-state index contributed by atoms with van der Waals surface area (Å²) in [6.45, 7) is 5.83. The Morgan fingerprint density at radius 3 is 2.74 bits per heavy atom. The Balaban J connectivity index is 1.26. The first-order valence-corrected chi connectivity index (χ1v) is 11.2. The Morgan fingerprint density at radius 1 is 1.15 bits per heavy atom. The summed E-state index contributed by atoms with van der Waals surface area (Å²) in [5.74, 6) is -0.322. The van der Waals surface area contributed by atoms with Gasteiger partial charge in [-0.2, -0.15) is 0 Å². The molecule has 2 aromatic rings. The van der Waals surface area contributed by atoms with E-state index in [0.717, 1.165) is 11.1 Å². The zero-order valence-electron chi connectivity index (χ0n) is 20.7. The minimum Gasteiger partial charge on any atom is -0.489 e. The number of nitrogens with one attached hydrogen (secondary N) is 1. The highest BCUT2D eigenvalue weighted by Crippen LogP contribution is 2.34. The second-order valence-corrected chi connectivity index (χ2v) is 8.51. The molecule has 0 spiro atoms. The molecule has 3 atom stereocenters. The molecule has 0 bridgehead atoms. The van der Waals surface area contributed by atoms with Crippen molar-refractivity contribution in [2.75, 3.05) is 19.8 Å². The highest BCUT2D eigenvalue weighted by molar-refractivity contribution is 6.02. The van der Waals surface area contributed by atoms with Gasteiger partial charge in [0, 0.05) is 32.7 Å². The summed E-state index contributed by atoms with van der Waals surface area (Å²) in [7, 11) is 0. The van der Waals surface area contributed by atoms with Crippen molar-refractivity contribution in [1.82, 2.24) is 15.1 Å². The quantitative estimate of drug-likeness (QED) is 0.711. The van der Waals surface area contributed by atoms with Crippen molar-refractivity contribution in [3.05, 3.63) is 77.0 Å². The summed E-state index contributed by atoms with van der Waals surface area (Å²) in [5.41, 5.74) is 3.22. The van der Waals surface area contributed by atoms with Crippen LogP contribution in [0.4, 0.5) is 0 Å². The maximum absolute atomic E-state index is 13.1. The van der Waals surface area contributed by atoms with Gasteiger partial charge in [0.15, 0.2) is 0 Å². The molecule has 3 unspecified atom stereocenters. The molecule has 8 heteroatoms. The Hall–Kier alpha value is -3.65. The fourth-order valence-corrected chi connectivity index (χ4v) is 4.34. The maximum Gasteiger partial charge on any atom is 0.255 e. The van der Waals surface area contributed by atoms with E-state index >= 15 is 0 Å². The third kappa shape index (κ3) is 4.41. The van der Waals surface area contributed by atoms with Gasteiger partial charge in [0.1, 0.15) is 25.0 Å². The van der Waals surface area contributed by atoms with Gasteiger partial charge in [0.25, 0.3) is 5.91 Å². The summed E-state index contributed by atoms with van der Waals surface area (Å²) in [6, 6.07) is 11.9. The number of amides is 3. The number of rotatable bonds is 6. The predicted molar refractivity (Wildman–Crippen MR) is 124 cm³/mol. The first-order chi connectivity index (χ1) is 17.3. The van der Waals surface area contributed by atoms with Crippen molar-refractivity contribution in [3.8, 4) is 5.75 Å². The second kappa shape index (κ2) is 9.30. The molecule has 2 aromatic carbocycles. The van der Waals surface area contributed by atoms with Crippen molar-refractivity contribution in [2.24, 2.45) is 0 Å². The number of carbonyl (C=O) groups is 3. The van der Waals surface area contributed by atoms with Crippen molar-refractivity contribution < 1.29 is 26.6 Å². The summed E-state index contributed by atoms with van der Waals surface area (Å²) in [4.78, 5) is 40.8. The zero-order chi connectivity index (χ0) is 25.4. The molecule has 3 heterocycles. The SMILES string of the molecule is [2H]C1C(=C)NC(=O)C(N2Cc3c(OCc4ccc(CN5CCOCC5=O)cc4)cccc3C2=O)C1[2H]. The number of nitrogens with zero attached hydrogens (tertiary/aromatic N) is 2. The number of hydrogen-bond donors (Lipinski definition) is 1. The van der Waals surface area contributed by atoms with Crippen LogP contribution in [0.15, 0.2) is 54.7 Å². The van der Waals surface area contributed by atoms with Crippen LogP contribution in [-0.4, -0.2) is 53.3 Å². The van der Waals surface area contributed by atoms with Crippen LogP contribution in [0.5, 0.6) is 5.75 Å². The fourth-order valence-electron chi connectivity index (χ4n) is 4.34. The second-order valence-electron chi connectivity index (χ2n) is 8.51. The smallest absolute Gasteiger partial charge is 0.255 e. The van der Waals surface area contributed by atoms with Gasteiger partial charge in [-0.25, -0.2) is 0 Å². The zero-order valence-corrected chi connectivity index (χ0v) is 18.7. The molecule has 176 valence electrons. The summed E-state index contributed by atoms with van der Waals surface area (Å²) < 4.78 is 27.7. The van der Waals surface area contributed by atoms with E-state index in [-0.39, 0.29) is 37.3 Å². The lowest BCUT2D eigenvalue weighted by Gasteiger charge is -2.31. The first kappa shape index (κ1) is 19.8. The van der Waals surface area contributed by atoms with E-state index in [9.17, 15) is 14.4 Å². The maximum atomic E-state index is 13.1. The molecule has 2 fully saturated rings. The first-order valence-electron chi connectivity index (χ1n) is 12.3. The van der Waals surface area contributed by atoms with Crippen molar-refractivity contribution in [1.29, 1.82) is 0 Å². The van der Waals surface area contributed by atoms with Gasteiger partial charge in [-0.3, -0.25) is 14.4 Å². The molecule has 0 radical (unpaired) electrons. The number of benzene rings is 2. The molecule has 8 nitrogen and oxygen atoms in total. The van der Waals surface area contributed by atoms with E-state index in [1.165, 1.54) is 4.90 Å². The van der Waals surface area contributed by atoms with Crippen molar-refractivity contribution in [3.63, 3.8) is 0 Å². The van der Waals surface area contributed by atoms with Gasteiger partial charge in [-0.1, -0.05) is 36.9 Å². The number of fused-ring (bicyclic) bond motifs is 1. The third-order valence-corrected chi connectivity index (χ3v) is 6.20. The van der Waals surface area contributed by atoms with E-state index < -0.39 is 24.7 Å². The average molecular weight is 464 g/mol. The molecule has 5 rings (SSSR count). The largest absolute Gasteiger partial charge is 0.489 e. The monoisotopic (exact) mass is 463 g/mol. The van der Waals surface area contributed by atoms with Crippen LogP contribution in [0, 0.1) is 0 Å². The average Bonchev–Trinajstić information content (AvgIpc) is 3.20. The molecule has 1 N–H and O–H groups in total. The van der Waals surface area contributed by atoms with Crippen molar-refractivity contribution >= 4 is 17.7 Å². The van der Waals surface area contributed by atoms with Crippen LogP contribution in [0.1, 0.15) is 42.6 Å². The standard InChI is InChI=1S/C26H27N3O5/c1-17-5-10-22(25(31)27-17)29-14-21-20(26(29)32)3-2-4-23(21)34-15-19-8-6-18(7-9-19)13-28-11-12-33-16-24(28)30/h2-4,6-9,22H,1,5,10-16H2,(H,27,31)/i5D,10D. The van der Waals surface area contributed by atoms with Gasteiger partial charge >= 0.3 is 0 Å². The minimum atomic E-state index is -1.12. The van der Waals surface area contributed by atoms with Crippen LogP contribution in [0.3, 0.4) is 0 Å². The molecule has 34 heavy (non-hydrogen) atoms. The van der Waals surface area contributed by atoms with Crippen LogP contribution in [-0.2, 0) is 34.0 Å². The van der Waals surface area contributed by atoms with Crippen LogP contribution in [0.2, 0.25) is 0 Å². The van der Waals surface area contributed by atoms with E-state index in [1.807, 2.05) is 24.3 Å². The number of piperidine rings is 1. The topological polar surface area (TPSA) is 88.2 Å². The lowest BCUT2D eigenvalue weighted by molar-refractivity contribution is -0.143. The molecule has 0 aliphatic carbocycles. The van der Waals surface area contributed by atoms with Crippen LogP contribution in [0.25, 0.3) is 0 Å². The Labute approximate surface area is 200 Å². The van der Waals surface area contributed by atoms with Crippen molar-refractivity contribution in [2.45, 2.75) is 38.5 Å². The molecule has 3 aliphatic rings. The summed E-state index contributed by atoms with van der Waals surface area (Å²) in [5, 5.41) is 2.53. The van der Waals surface area contributed by atoms with E-state index in [1.54, 1.807) is 23.1 Å². The molecule has 3 aliphatic heterocycles. The Kier molecular flexibility index (Phi) is 5.42. The highest BCUT2D eigenvalue weighted by Gasteiger charge is 2.39. The molecule has 0 saturated carbocycles. The molecule has 2 saturated heterocycles. The predicted octanol–water partition coefficient (Wildman–Crippen LogP) is 2.37. The number of allylic oxidation sites excluding steroid dienone is 1. The summed E-state index contributed by atoms with van der Waals surface area (Å²) >= 11 is 0. The Morgan fingerprint density at radius 2 is 1.94 bits per heavy atom. The highest BCUT2D eigenvalue weighted by atomic mass is 16.5. The number of hydrogen-bond acceptors (Lipinski definition) is 5. The van der Waals surface area contributed by atoms with E-state index in [2.05, 4.69) is 11.9 Å². The molecular weight excluding hydrogens is 434 g/mol. The number of morpholine rings is 1. The lowest BCUT2D eigenvalue weighted by atomic mass is 10.0. The minimum absolute atomic E-state index is 0.0131. The third-order valence-electron chi connectivity index (χ3n) is 6.20. The van der Waals surface area contributed by atoms with Gasteiger partial charge in [0.2, 0.25) is 11.8 Å². The lowest BCUT2D eigenvalue weighted by Crippen LogP contribution is -2.49. The van der Waals surface area contributed by atoms with Gasteiger partial charge in [-0.15, -0.1) is 0 Å². The Bertz CT molecular complexity index is 1220. The van der Waals surface area contributed by atoms with Gasteiger partial charge < -0.3 is 24.6 Å². The van der Waals surface area contributed by atoms with Crippen LogP contribution < -0.4 is 10.1 Å².